The molecule has 0 bridgehead atoms. The third kappa shape index (κ3) is 3.21. The normalized spacial score (nSPS) is 31.1. The molecular weight excluding hydrogens is 234 g/mol. The van der Waals surface area contributed by atoms with Crippen molar-refractivity contribution in [3.05, 3.63) is 0 Å². The molecule has 1 aliphatic carbocycles. The van der Waals surface area contributed by atoms with Crippen molar-refractivity contribution in [3.63, 3.8) is 0 Å². The van der Waals surface area contributed by atoms with Gasteiger partial charge in [0.15, 0.2) is 0 Å². The first-order chi connectivity index (χ1) is 9.23. The van der Waals surface area contributed by atoms with E-state index in [-0.39, 0.29) is 5.41 Å². The lowest BCUT2D eigenvalue weighted by Gasteiger charge is -2.42. The van der Waals surface area contributed by atoms with E-state index in [0.717, 1.165) is 45.2 Å². The van der Waals surface area contributed by atoms with E-state index in [1.165, 1.54) is 25.7 Å². The molecule has 110 valence electrons. The van der Waals surface area contributed by atoms with Crippen LogP contribution in [0.3, 0.4) is 0 Å². The minimum absolute atomic E-state index is 0.0232. The van der Waals surface area contributed by atoms with Gasteiger partial charge in [0.2, 0.25) is 0 Å². The zero-order valence-corrected chi connectivity index (χ0v) is 12.8. The lowest BCUT2D eigenvalue weighted by molar-refractivity contribution is -0.138. The molecule has 0 aromatic rings. The number of Topliss-reactive ketones (excluding diaryl/α,β-unsaturated/α-hetero) is 1. The molecule has 2 rings (SSSR count). The monoisotopic (exact) mass is 265 g/mol. The van der Waals surface area contributed by atoms with Gasteiger partial charge in [0.25, 0.3) is 0 Å². The number of rotatable bonds is 5. The minimum atomic E-state index is 0.0232. The Kier molecular flexibility index (Phi) is 5.44. The molecule has 0 radical (unpaired) electrons. The van der Waals surface area contributed by atoms with E-state index < -0.39 is 0 Å². The Bertz CT molecular complexity index is 288. The van der Waals surface area contributed by atoms with Crippen molar-refractivity contribution in [1.82, 2.24) is 5.32 Å². The standard InChI is InChI=1S/C17H31NO/c1-3-9-17(10-12-18-13-11-17)16(19)15-8-6-5-7-14(15)4-2/h14-15,18H,3-13H2,1-2H3. The van der Waals surface area contributed by atoms with Gasteiger partial charge in [0.1, 0.15) is 5.78 Å². The van der Waals surface area contributed by atoms with Crippen LogP contribution in [0.4, 0.5) is 0 Å². The fourth-order valence-corrected chi connectivity index (χ4v) is 4.44. The third-order valence-corrected chi connectivity index (χ3v) is 5.58. The summed E-state index contributed by atoms with van der Waals surface area (Å²) in [5.41, 5.74) is 0.0232. The molecule has 1 saturated carbocycles. The maximum atomic E-state index is 13.2. The summed E-state index contributed by atoms with van der Waals surface area (Å²) in [5, 5.41) is 3.43. The highest BCUT2D eigenvalue weighted by Gasteiger charge is 2.44. The minimum Gasteiger partial charge on any atom is -0.317 e. The molecule has 1 heterocycles. The van der Waals surface area contributed by atoms with Crippen LogP contribution in [0.5, 0.6) is 0 Å². The average Bonchev–Trinajstić information content (AvgIpc) is 2.47. The molecule has 1 saturated heterocycles. The van der Waals surface area contributed by atoms with E-state index in [0.29, 0.717) is 17.6 Å². The summed E-state index contributed by atoms with van der Waals surface area (Å²) in [7, 11) is 0. The van der Waals surface area contributed by atoms with Gasteiger partial charge in [0.05, 0.1) is 0 Å². The predicted molar refractivity (Wildman–Crippen MR) is 80.2 cm³/mol. The molecule has 1 aliphatic heterocycles. The van der Waals surface area contributed by atoms with Gasteiger partial charge in [-0.15, -0.1) is 0 Å². The van der Waals surface area contributed by atoms with Gasteiger partial charge >= 0.3 is 0 Å². The van der Waals surface area contributed by atoms with Crippen molar-refractivity contribution in [2.24, 2.45) is 17.3 Å². The summed E-state index contributed by atoms with van der Waals surface area (Å²) in [6.07, 6.45) is 10.7. The van der Waals surface area contributed by atoms with Crippen LogP contribution in [0.1, 0.15) is 71.6 Å². The Balaban J connectivity index is 2.13. The number of hydrogen-bond acceptors (Lipinski definition) is 2. The molecule has 2 heteroatoms. The summed E-state index contributed by atoms with van der Waals surface area (Å²) < 4.78 is 0. The van der Waals surface area contributed by atoms with Crippen molar-refractivity contribution in [2.45, 2.75) is 71.6 Å². The number of ketones is 1. The maximum absolute atomic E-state index is 13.2. The lowest BCUT2D eigenvalue weighted by Crippen LogP contribution is -2.46. The summed E-state index contributed by atoms with van der Waals surface area (Å²) in [6.45, 7) is 6.57. The summed E-state index contributed by atoms with van der Waals surface area (Å²) in [4.78, 5) is 13.2. The largest absolute Gasteiger partial charge is 0.317 e. The van der Waals surface area contributed by atoms with Crippen LogP contribution in [-0.4, -0.2) is 18.9 Å². The summed E-state index contributed by atoms with van der Waals surface area (Å²) in [6, 6.07) is 0. The van der Waals surface area contributed by atoms with Crippen molar-refractivity contribution in [1.29, 1.82) is 0 Å². The van der Waals surface area contributed by atoms with Crippen molar-refractivity contribution in [2.75, 3.05) is 13.1 Å². The highest BCUT2D eigenvalue weighted by atomic mass is 16.1. The van der Waals surface area contributed by atoms with Crippen molar-refractivity contribution >= 4 is 5.78 Å². The van der Waals surface area contributed by atoms with Gasteiger partial charge in [-0.25, -0.2) is 0 Å². The Labute approximate surface area is 118 Å². The van der Waals surface area contributed by atoms with Gasteiger partial charge in [-0.3, -0.25) is 4.79 Å². The van der Waals surface area contributed by atoms with Crippen molar-refractivity contribution < 1.29 is 4.79 Å². The smallest absolute Gasteiger partial charge is 0.142 e. The van der Waals surface area contributed by atoms with Crippen LogP contribution in [0.2, 0.25) is 0 Å². The molecular formula is C17H31NO. The van der Waals surface area contributed by atoms with Crippen LogP contribution in [0.25, 0.3) is 0 Å². The van der Waals surface area contributed by atoms with E-state index in [4.69, 9.17) is 0 Å². The molecule has 0 aromatic heterocycles. The first-order valence-corrected chi connectivity index (χ1v) is 8.48. The fraction of sp³-hybridized carbons (Fsp3) is 0.941. The van der Waals surface area contributed by atoms with E-state index >= 15 is 0 Å². The number of piperidine rings is 1. The zero-order valence-electron chi connectivity index (χ0n) is 12.8. The van der Waals surface area contributed by atoms with Crippen LogP contribution in [0.15, 0.2) is 0 Å². The topological polar surface area (TPSA) is 29.1 Å². The van der Waals surface area contributed by atoms with Gasteiger partial charge in [-0.05, 0) is 51.1 Å². The molecule has 2 nitrogen and oxygen atoms in total. The third-order valence-electron chi connectivity index (χ3n) is 5.58. The van der Waals surface area contributed by atoms with Crippen molar-refractivity contribution in [3.8, 4) is 0 Å². The second kappa shape index (κ2) is 6.88. The number of hydrogen-bond donors (Lipinski definition) is 1. The van der Waals surface area contributed by atoms with E-state index in [2.05, 4.69) is 19.2 Å². The molecule has 19 heavy (non-hydrogen) atoms. The molecule has 2 atom stereocenters. The Hall–Kier alpha value is -0.370. The molecule has 0 amide bonds. The highest BCUT2D eigenvalue weighted by molar-refractivity contribution is 5.87. The highest BCUT2D eigenvalue weighted by Crippen LogP contribution is 2.43. The quantitative estimate of drug-likeness (QED) is 0.815. The Morgan fingerprint density at radius 3 is 2.47 bits per heavy atom. The zero-order chi connectivity index (χ0) is 13.7. The second-order valence-corrected chi connectivity index (χ2v) is 6.70. The Morgan fingerprint density at radius 2 is 1.84 bits per heavy atom. The number of carbonyl (C=O) groups is 1. The SMILES string of the molecule is CCCC1(C(=O)C2CCCCC2CC)CCNCC1. The van der Waals surface area contributed by atoms with Gasteiger partial charge in [0, 0.05) is 11.3 Å². The first-order valence-electron chi connectivity index (χ1n) is 8.48. The Morgan fingerprint density at radius 1 is 1.16 bits per heavy atom. The molecule has 2 aliphatic rings. The number of nitrogens with one attached hydrogen (secondary N) is 1. The van der Waals surface area contributed by atoms with Crippen LogP contribution < -0.4 is 5.32 Å². The van der Waals surface area contributed by atoms with Gasteiger partial charge in [-0.1, -0.05) is 39.5 Å². The van der Waals surface area contributed by atoms with Crippen LogP contribution in [-0.2, 0) is 4.79 Å². The van der Waals surface area contributed by atoms with Crippen LogP contribution in [0, 0.1) is 17.3 Å². The lowest BCUT2D eigenvalue weighted by atomic mass is 9.63. The molecule has 0 spiro atoms. The van der Waals surface area contributed by atoms with E-state index in [9.17, 15) is 4.79 Å². The molecule has 2 fully saturated rings. The maximum Gasteiger partial charge on any atom is 0.142 e. The van der Waals surface area contributed by atoms with Gasteiger partial charge in [-0.2, -0.15) is 0 Å². The second-order valence-electron chi connectivity index (χ2n) is 6.70. The summed E-state index contributed by atoms with van der Waals surface area (Å²) >= 11 is 0. The first kappa shape index (κ1) is 15.0. The van der Waals surface area contributed by atoms with Crippen LogP contribution >= 0.6 is 0 Å². The fourth-order valence-electron chi connectivity index (χ4n) is 4.44. The van der Waals surface area contributed by atoms with Gasteiger partial charge < -0.3 is 5.32 Å². The molecule has 2 unspecified atom stereocenters. The predicted octanol–water partition coefficient (Wildman–Crippen LogP) is 3.94. The van der Waals surface area contributed by atoms with E-state index in [1.807, 2.05) is 0 Å². The molecule has 1 N–H and O–H groups in total. The summed E-state index contributed by atoms with van der Waals surface area (Å²) in [5.74, 6) is 1.69. The number of carbonyl (C=O) groups excluding carboxylic acids is 1. The average molecular weight is 265 g/mol. The molecule has 0 aromatic carbocycles. The van der Waals surface area contributed by atoms with E-state index in [1.54, 1.807) is 0 Å².